The molecular formula is C12H14N2O2. The summed E-state index contributed by atoms with van der Waals surface area (Å²) in [4.78, 5) is 13.3. The van der Waals surface area contributed by atoms with E-state index in [1.54, 1.807) is 12.1 Å². The average molecular weight is 218 g/mol. The van der Waals surface area contributed by atoms with Crippen LogP contribution in [-0.2, 0) is 0 Å². The smallest absolute Gasteiger partial charge is 0.335 e. The van der Waals surface area contributed by atoms with Crippen molar-refractivity contribution >= 4 is 17.3 Å². The van der Waals surface area contributed by atoms with Gasteiger partial charge in [-0.25, -0.2) is 4.79 Å². The van der Waals surface area contributed by atoms with Gasteiger partial charge in [-0.15, -0.1) is 0 Å². The van der Waals surface area contributed by atoms with Gasteiger partial charge in [0.2, 0.25) is 0 Å². The lowest BCUT2D eigenvalue weighted by molar-refractivity contribution is 0.0697. The first-order valence-corrected chi connectivity index (χ1v) is 5.63. The summed E-state index contributed by atoms with van der Waals surface area (Å²) < 4.78 is 0. The quantitative estimate of drug-likeness (QED) is 0.754. The summed E-state index contributed by atoms with van der Waals surface area (Å²) in [5, 5.41) is 12.4. The zero-order valence-corrected chi connectivity index (χ0v) is 8.94. The van der Waals surface area contributed by atoms with Gasteiger partial charge in [-0.2, -0.15) is 0 Å². The second kappa shape index (κ2) is 3.40. The van der Waals surface area contributed by atoms with Crippen molar-refractivity contribution in [2.75, 3.05) is 23.3 Å². The first kappa shape index (κ1) is 9.51. The number of anilines is 2. The molecule has 0 saturated carbocycles. The lowest BCUT2D eigenvalue weighted by atomic mass is 10.1. The first-order chi connectivity index (χ1) is 7.75. The van der Waals surface area contributed by atoms with Gasteiger partial charge in [-0.3, -0.25) is 0 Å². The highest BCUT2D eigenvalue weighted by Gasteiger charge is 2.30. The van der Waals surface area contributed by atoms with Crippen LogP contribution in [0.15, 0.2) is 18.2 Å². The number of fused-ring (bicyclic) bond motifs is 3. The molecule has 1 atom stereocenters. The van der Waals surface area contributed by atoms with E-state index in [4.69, 9.17) is 5.11 Å². The molecule has 1 unspecified atom stereocenters. The van der Waals surface area contributed by atoms with Crippen molar-refractivity contribution in [2.24, 2.45) is 0 Å². The minimum absolute atomic E-state index is 0.369. The molecule has 1 aromatic carbocycles. The molecular weight excluding hydrogens is 204 g/mol. The van der Waals surface area contributed by atoms with Gasteiger partial charge in [0, 0.05) is 19.1 Å². The van der Waals surface area contributed by atoms with Gasteiger partial charge in [-0.1, -0.05) is 0 Å². The van der Waals surface area contributed by atoms with E-state index in [1.165, 1.54) is 12.8 Å². The number of nitrogens with one attached hydrogen (secondary N) is 1. The van der Waals surface area contributed by atoms with E-state index in [1.807, 2.05) is 6.07 Å². The van der Waals surface area contributed by atoms with E-state index >= 15 is 0 Å². The molecule has 84 valence electrons. The Bertz CT molecular complexity index is 445. The Balaban J connectivity index is 2.05. The minimum atomic E-state index is -0.857. The van der Waals surface area contributed by atoms with Crippen LogP contribution in [0.25, 0.3) is 0 Å². The highest BCUT2D eigenvalue weighted by atomic mass is 16.4. The number of hydrogen-bond acceptors (Lipinski definition) is 3. The van der Waals surface area contributed by atoms with Crippen LogP contribution in [0.4, 0.5) is 11.4 Å². The van der Waals surface area contributed by atoms with Gasteiger partial charge in [0.25, 0.3) is 0 Å². The van der Waals surface area contributed by atoms with Gasteiger partial charge < -0.3 is 15.3 Å². The minimum Gasteiger partial charge on any atom is -0.478 e. The predicted molar refractivity (Wildman–Crippen MR) is 62.3 cm³/mol. The summed E-state index contributed by atoms with van der Waals surface area (Å²) in [6.07, 6.45) is 2.40. The van der Waals surface area contributed by atoms with Crippen molar-refractivity contribution in [2.45, 2.75) is 18.9 Å². The van der Waals surface area contributed by atoms with E-state index in [-0.39, 0.29) is 0 Å². The van der Waals surface area contributed by atoms with Gasteiger partial charge in [-0.05, 0) is 31.0 Å². The number of benzene rings is 1. The van der Waals surface area contributed by atoms with E-state index in [9.17, 15) is 4.79 Å². The standard InChI is InChI=1S/C12H14N2O2/c15-12(16)8-3-4-10-11(6-8)14-5-1-2-9(14)7-13-10/h3-4,6,9,13H,1-2,5,7H2,(H,15,16). The summed E-state index contributed by atoms with van der Waals surface area (Å²) in [5.41, 5.74) is 2.48. The fourth-order valence-corrected chi connectivity index (χ4v) is 2.64. The third-order valence-electron chi connectivity index (χ3n) is 3.46. The third kappa shape index (κ3) is 1.33. The van der Waals surface area contributed by atoms with Crippen molar-refractivity contribution in [3.63, 3.8) is 0 Å². The molecule has 3 rings (SSSR count). The molecule has 0 aliphatic carbocycles. The molecule has 4 nitrogen and oxygen atoms in total. The van der Waals surface area contributed by atoms with Crippen molar-refractivity contribution in [3.8, 4) is 0 Å². The normalized spacial score (nSPS) is 22.2. The van der Waals surface area contributed by atoms with E-state index < -0.39 is 5.97 Å². The molecule has 0 bridgehead atoms. The summed E-state index contributed by atoms with van der Waals surface area (Å²) >= 11 is 0. The molecule has 2 N–H and O–H groups in total. The summed E-state index contributed by atoms with van der Waals surface area (Å²) in [7, 11) is 0. The molecule has 0 radical (unpaired) electrons. The summed E-state index contributed by atoms with van der Waals surface area (Å²) in [6.45, 7) is 2.02. The fraction of sp³-hybridized carbons (Fsp3) is 0.417. The van der Waals surface area contributed by atoms with E-state index in [2.05, 4.69) is 10.2 Å². The Labute approximate surface area is 93.9 Å². The molecule has 2 heterocycles. The molecule has 0 amide bonds. The third-order valence-corrected chi connectivity index (χ3v) is 3.46. The van der Waals surface area contributed by atoms with Gasteiger partial charge in [0.15, 0.2) is 0 Å². The molecule has 0 spiro atoms. The monoisotopic (exact) mass is 218 g/mol. The molecule has 1 aromatic rings. The number of carboxylic acids is 1. The Morgan fingerprint density at radius 3 is 3.19 bits per heavy atom. The van der Waals surface area contributed by atoms with Gasteiger partial charge >= 0.3 is 5.97 Å². The molecule has 1 fully saturated rings. The van der Waals surface area contributed by atoms with Crippen molar-refractivity contribution in [1.29, 1.82) is 0 Å². The van der Waals surface area contributed by atoms with E-state index in [0.717, 1.165) is 24.5 Å². The molecule has 1 saturated heterocycles. The zero-order valence-electron chi connectivity index (χ0n) is 8.94. The summed E-state index contributed by atoms with van der Waals surface area (Å²) in [6, 6.07) is 5.84. The van der Waals surface area contributed by atoms with Crippen molar-refractivity contribution in [3.05, 3.63) is 23.8 Å². The number of rotatable bonds is 1. The largest absolute Gasteiger partial charge is 0.478 e. The van der Waals surface area contributed by atoms with E-state index in [0.29, 0.717) is 11.6 Å². The number of carbonyl (C=O) groups is 1. The highest BCUT2D eigenvalue weighted by Crippen LogP contribution is 2.36. The van der Waals surface area contributed by atoms with Crippen LogP contribution in [0.2, 0.25) is 0 Å². The Kier molecular flexibility index (Phi) is 2.02. The lowest BCUT2D eigenvalue weighted by Crippen LogP contribution is -2.39. The topological polar surface area (TPSA) is 52.6 Å². The first-order valence-electron chi connectivity index (χ1n) is 5.63. The number of aromatic carboxylic acids is 1. The molecule has 0 aromatic heterocycles. The van der Waals surface area contributed by atoms with Crippen molar-refractivity contribution < 1.29 is 9.90 Å². The molecule has 2 aliphatic rings. The maximum Gasteiger partial charge on any atom is 0.335 e. The zero-order chi connectivity index (χ0) is 11.1. The van der Waals surface area contributed by atoms with Gasteiger partial charge in [0.05, 0.1) is 16.9 Å². The Hall–Kier alpha value is -1.71. The van der Waals surface area contributed by atoms with Crippen LogP contribution in [0, 0.1) is 0 Å². The number of nitrogens with zero attached hydrogens (tertiary/aromatic N) is 1. The highest BCUT2D eigenvalue weighted by molar-refractivity contribution is 5.91. The SMILES string of the molecule is O=C(O)c1ccc2c(c1)N1CCCC1CN2. The van der Waals surface area contributed by atoms with Crippen LogP contribution in [0.3, 0.4) is 0 Å². The molecule has 16 heavy (non-hydrogen) atoms. The Morgan fingerprint density at radius 2 is 2.38 bits per heavy atom. The Morgan fingerprint density at radius 1 is 1.50 bits per heavy atom. The molecule has 2 aliphatic heterocycles. The maximum absolute atomic E-state index is 10.9. The maximum atomic E-state index is 10.9. The fourth-order valence-electron chi connectivity index (χ4n) is 2.64. The molecule has 4 heteroatoms. The predicted octanol–water partition coefficient (Wildman–Crippen LogP) is 1.78. The van der Waals surface area contributed by atoms with Crippen LogP contribution >= 0.6 is 0 Å². The van der Waals surface area contributed by atoms with Crippen LogP contribution in [0.5, 0.6) is 0 Å². The number of hydrogen-bond donors (Lipinski definition) is 2. The van der Waals surface area contributed by atoms with Crippen LogP contribution < -0.4 is 10.2 Å². The van der Waals surface area contributed by atoms with Crippen molar-refractivity contribution in [1.82, 2.24) is 0 Å². The number of carboxylic acid groups (broad SMARTS) is 1. The lowest BCUT2D eigenvalue weighted by Gasteiger charge is -2.34. The van der Waals surface area contributed by atoms with Crippen LogP contribution in [0.1, 0.15) is 23.2 Å². The average Bonchev–Trinajstić information content (AvgIpc) is 2.76. The second-order valence-electron chi connectivity index (χ2n) is 4.41. The van der Waals surface area contributed by atoms with Gasteiger partial charge in [0.1, 0.15) is 0 Å². The second-order valence-corrected chi connectivity index (χ2v) is 4.41. The summed E-state index contributed by atoms with van der Waals surface area (Å²) in [5.74, 6) is -0.857. The van der Waals surface area contributed by atoms with Crippen LogP contribution in [-0.4, -0.2) is 30.2 Å².